The number of para-hydroxylation sites is 1. The van der Waals surface area contributed by atoms with E-state index in [0.717, 1.165) is 11.8 Å². The molecule has 1 aliphatic rings. The zero-order valence-corrected chi connectivity index (χ0v) is 20.3. The van der Waals surface area contributed by atoms with Crippen molar-refractivity contribution in [2.24, 2.45) is 4.99 Å². The molecule has 0 saturated carbocycles. The number of nitrogens with one attached hydrogen (secondary N) is 1. The van der Waals surface area contributed by atoms with E-state index in [2.05, 4.69) is 32.9 Å². The summed E-state index contributed by atoms with van der Waals surface area (Å²) in [4.78, 5) is 28.6. The first-order valence-corrected chi connectivity index (χ1v) is 11.6. The highest BCUT2D eigenvalue weighted by molar-refractivity contribution is 14.1. The van der Waals surface area contributed by atoms with Gasteiger partial charge in [0.15, 0.2) is 23.3 Å². The summed E-state index contributed by atoms with van der Waals surface area (Å²) in [7, 11) is 0. The van der Waals surface area contributed by atoms with Crippen molar-refractivity contribution >= 4 is 63.2 Å². The molecule has 1 saturated heterocycles. The second-order valence-corrected chi connectivity index (χ2v) is 8.48. The van der Waals surface area contributed by atoms with Gasteiger partial charge in [-0.2, -0.15) is 0 Å². The van der Waals surface area contributed by atoms with Crippen molar-refractivity contribution in [1.82, 2.24) is 5.32 Å². The van der Waals surface area contributed by atoms with Crippen LogP contribution in [-0.2, 0) is 14.3 Å². The van der Waals surface area contributed by atoms with Crippen molar-refractivity contribution in [2.75, 3.05) is 19.8 Å². The predicted molar refractivity (Wildman–Crippen MR) is 130 cm³/mol. The molecule has 7 nitrogen and oxygen atoms in total. The lowest BCUT2D eigenvalue weighted by Crippen LogP contribution is -2.19. The van der Waals surface area contributed by atoms with Crippen LogP contribution in [0.1, 0.15) is 19.4 Å². The molecule has 0 bridgehead atoms. The third-order valence-electron chi connectivity index (χ3n) is 3.99. The molecule has 1 amide bonds. The average Bonchev–Trinajstić information content (AvgIpc) is 3.08. The molecule has 0 atom stereocenters. The number of ether oxygens (including phenoxy) is 3. The lowest BCUT2D eigenvalue weighted by atomic mass is 10.2. The number of carbonyl (C=O) groups excluding carboxylic acids is 2. The predicted octanol–water partition coefficient (Wildman–Crippen LogP) is 4.66. The van der Waals surface area contributed by atoms with E-state index >= 15 is 0 Å². The molecule has 2 aromatic rings. The number of rotatable bonds is 8. The van der Waals surface area contributed by atoms with Gasteiger partial charge in [0.1, 0.15) is 11.5 Å². The van der Waals surface area contributed by atoms with Gasteiger partial charge in [-0.15, -0.1) is 0 Å². The van der Waals surface area contributed by atoms with Crippen LogP contribution in [0.2, 0.25) is 0 Å². The standard InChI is InChI=1S/C22H20FIN2O5S/c1-3-29-17-10-13(9-15(24)20(17)31-12-19(27)30-4-2)11-18-21(28)26-22(32-18)25-16-8-6-5-7-14(16)23/h5-11H,3-4,12H2,1-2H3,(H,25,26,28)/b18-11-. The Kier molecular flexibility index (Phi) is 8.51. The third-order valence-corrected chi connectivity index (χ3v) is 5.71. The zero-order chi connectivity index (χ0) is 23.1. The highest BCUT2D eigenvalue weighted by Gasteiger charge is 2.24. The molecule has 3 rings (SSSR count). The summed E-state index contributed by atoms with van der Waals surface area (Å²) in [5.41, 5.74) is 0.846. The Hall–Kier alpha value is -2.60. The van der Waals surface area contributed by atoms with Gasteiger partial charge in [0.05, 0.1) is 21.7 Å². The molecule has 0 aromatic heterocycles. The molecule has 0 radical (unpaired) electrons. The number of hydrogen-bond donors (Lipinski definition) is 1. The highest BCUT2D eigenvalue weighted by Crippen LogP contribution is 2.36. The van der Waals surface area contributed by atoms with Gasteiger partial charge in [-0.05, 0) is 84.1 Å². The van der Waals surface area contributed by atoms with E-state index in [-0.39, 0.29) is 24.8 Å². The average molecular weight is 570 g/mol. The minimum atomic E-state index is -0.474. The molecule has 1 heterocycles. The molecule has 10 heteroatoms. The second kappa shape index (κ2) is 11.3. The first-order chi connectivity index (χ1) is 15.4. The van der Waals surface area contributed by atoms with Crippen LogP contribution in [0.25, 0.3) is 6.08 Å². The Labute approximate surface area is 202 Å². The Bertz CT molecular complexity index is 1090. The normalized spacial score (nSPS) is 15.7. The topological polar surface area (TPSA) is 86.2 Å². The second-order valence-electron chi connectivity index (χ2n) is 6.29. The van der Waals surface area contributed by atoms with Gasteiger partial charge in [0.2, 0.25) is 0 Å². The first-order valence-electron chi connectivity index (χ1n) is 9.70. The maximum Gasteiger partial charge on any atom is 0.344 e. The smallest absolute Gasteiger partial charge is 0.344 e. The number of esters is 1. The van der Waals surface area contributed by atoms with E-state index in [1.54, 1.807) is 37.3 Å². The van der Waals surface area contributed by atoms with Gasteiger partial charge >= 0.3 is 5.97 Å². The van der Waals surface area contributed by atoms with Crippen LogP contribution < -0.4 is 14.8 Å². The van der Waals surface area contributed by atoms with Gasteiger partial charge in [-0.1, -0.05) is 12.1 Å². The fourth-order valence-corrected chi connectivity index (χ4v) is 4.31. The number of aliphatic imine (C=N–C) groups is 1. The number of hydrogen-bond acceptors (Lipinski definition) is 7. The first kappa shape index (κ1) is 24.1. The van der Waals surface area contributed by atoms with Gasteiger partial charge in [0.25, 0.3) is 5.91 Å². The molecular weight excluding hydrogens is 550 g/mol. The van der Waals surface area contributed by atoms with Crippen molar-refractivity contribution in [3.63, 3.8) is 0 Å². The fourth-order valence-electron chi connectivity index (χ4n) is 2.69. The Balaban J connectivity index is 1.83. The van der Waals surface area contributed by atoms with E-state index in [1.165, 1.54) is 12.1 Å². The molecule has 0 aliphatic carbocycles. The molecule has 1 N–H and O–H groups in total. The number of amides is 1. The minimum absolute atomic E-state index is 0.146. The minimum Gasteiger partial charge on any atom is -0.490 e. The van der Waals surface area contributed by atoms with E-state index in [9.17, 15) is 14.0 Å². The molecular formula is C22H20FIN2O5S. The van der Waals surface area contributed by atoms with Crippen LogP contribution in [0, 0.1) is 9.39 Å². The van der Waals surface area contributed by atoms with Gasteiger partial charge in [-0.3, -0.25) is 4.79 Å². The van der Waals surface area contributed by atoms with E-state index in [4.69, 9.17) is 14.2 Å². The summed E-state index contributed by atoms with van der Waals surface area (Å²) < 4.78 is 30.7. The largest absolute Gasteiger partial charge is 0.490 e. The number of amidine groups is 1. The van der Waals surface area contributed by atoms with Crippen molar-refractivity contribution in [1.29, 1.82) is 0 Å². The molecule has 2 aromatic carbocycles. The monoisotopic (exact) mass is 570 g/mol. The maximum absolute atomic E-state index is 13.8. The third kappa shape index (κ3) is 6.22. The Morgan fingerprint density at radius 1 is 1.22 bits per heavy atom. The van der Waals surface area contributed by atoms with Gasteiger partial charge < -0.3 is 19.5 Å². The summed E-state index contributed by atoms with van der Waals surface area (Å²) in [5, 5.41) is 2.93. The molecule has 1 fully saturated rings. The summed E-state index contributed by atoms with van der Waals surface area (Å²) in [5.74, 6) is -0.410. The fraction of sp³-hybridized carbons (Fsp3) is 0.227. The van der Waals surface area contributed by atoms with E-state index < -0.39 is 11.8 Å². The number of thioether (sulfide) groups is 1. The number of benzene rings is 2. The quantitative estimate of drug-likeness (QED) is 0.282. The van der Waals surface area contributed by atoms with Crippen LogP contribution in [-0.4, -0.2) is 36.9 Å². The molecule has 0 unspecified atom stereocenters. The van der Waals surface area contributed by atoms with E-state index in [1.807, 2.05) is 6.92 Å². The van der Waals surface area contributed by atoms with Crippen molar-refractivity contribution < 1.29 is 28.2 Å². The van der Waals surface area contributed by atoms with Crippen molar-refractivity contribution in [3.8, 4) is 11.5 Å². The summed E-state index contributed by atoms with van der Waals surface area (Å²) >= 11 is 3.19. The number of halogens is 2. The van der Waals surface area contributed by atoms with Crippen molar-refractivity contribution in [3.05, 3.63) is 56.3 Å². The highest BCUT2D eigenvalue weighted by atomic mass is 127. The summed E-state index contributed by atoms with van der Waals surface area (Å²) in [6.45, 7) is 3.98. The maximum atomic E-state index is 13.8. The van der Waals surface area contributed by atoms with Crippen LogP contribution >= 0.6 is 34.4 Å². The molecule has 0 spiro atoms. The molecule has 168 valence electrons. The Morgan fingerprint density at radius 2 is 2.00 bits per heavy atom. The molecule has 32 heavy (non-hydrogen) atoms. The lowest BCUT2D eigenvalue weighted by molar-refractivity contribution is -0.145. The van der Waals surface area contributed by atoms with Gasteiger partial charge in [0, 0.05) is 0 Å². The van der Waals surface area contributed by atoms with Crippen LogP contribution in [0.15, 0.2) is 46.3 Å². The van der Waals surface area contributed by atoms with Crippen molar-refractivity contribution in [2.45, 2.75) is 13.8 Å². The van der Waals surface area contributed by atoms with Crippen LogP contribution in [0.3, 0.4) is 0 Å². The number of nitrogens with zero attached hydrogens (tertiary/aromatic N) is 1. The van der Waals surface area contributed by atoms with Crippen LogP contribution in [0.5, 0.6) is 11.5 Å². The lowest BCUT2D eigenvalue weighted by Gasteiger charge is -2.14. The number of carbonyl (C=O) groups is 2. The molecule has 1 aliphatic heterocycles. The summed E-state index contributed by atoms with van der Waals surface area (Å²) in [6.07, 6.45) is 1.68. The summed E-state index contributed by atoms with van der Waals surface area (Å²) in [6, 6.07) is 9.60. The van der Waals surface area contributed by atoms with Gasteiger partial charge in [-0.25, -0.2) is 14.2 Å². The van der Waals surface area contributed by atoms with Crippen LogP contribution in [0.4, 0.5) is 10.1 Å². The van der Waals surface area contributed by atoms with E-state index in [0.29, 0.717) is 37.3 Å². The Morgan fingerprint density at radius 3 is 2.72 bits per heavy atom. The SMILES string of the molecule is CCOC(=O)COc1c(I)cc(/C=C2\SC(=Nc3ccccc3F)NC2=O)cc1OCC. The zero-order valence-electron chi connectivity index (χ0n) is 17.3.